The first-order chi connectivity index (χ1) is 17.8. The molecule has 38 heavy (non-hydrogen) atoms. The summed E-state index contributed by atoms with van der Waals surface area (Å²) < 4.78 is 12.3. The van der Waals surface area contributed by atoms with Crippen molar-refractivity contribution in [3.8, 4) is 0 Å². The lowest BCUT2D eigenvalue weighted by atomic mass is 9.41. The van der Waals surface area contributed by atoms with Crippen molar-refractivity contribution >= 4 is 5.91 Å². The van der Waals surface area contributed by atoms with Gasteiger partial charge in [-0.15, -0.1) is 0 Å². The lowest BCUT2D eigenvalue weighted by Crippen LogP contribution is -2.59. The number of hydrogen-bond donors (Lipinski definition) is 2. The van der Waals surface area contributed by atoms with E-state index in [1.807, 2.05) is 4.90 Å². The van der Waals surface area contributed by atoms with Crippen LogP contribution in [0.1, 0.15) is 92.9 Å². The van der Waals surface area contributed by atoms with Gasteiger partial charge in [0.15, 0.2) is 0 Å². The topological polar surface area (TPSA) is 79.2 Å². The molecule has 7 aliphatic rings. The minimum absolute atomic E-state index is 0.0183. The summed E-state index contributed by atoms with van der Waals surface area (Å²) in [5.74, 6) is 2.01. The summed E-state index contributed by atoms with van der Waals surface area (Å²) >= 11 is 0. The number of hydrogen-bond acceptors (Lipinski definition) is 5. The standard InChI is InChI=1S/C32H51NO5/c1-18-13-21(14-33(19(2)34)20-15-37-16-20)38-26-25(18)29(5)11-12-32-17-31(32)10-9-24(35)28(3,4)22(31)7-8-23(32)30(29,6)27(26)36/h18,20-27,35-36H,7-17H2,1-6H3/t18-,21+,22+,23?,24?,25+,26?,27+,29?,30-,31?,32?/m1/s1. The zero-order chi connectivity index (χ0) is 27.0. The van der Waals surface area contributed by atoms with Gasteiger partial charge in [-0.2, -0.15) is 0 Å². The largest absolute Gasteiger partial charge is 0.393 e. The van der Waals surface area contributed by atoms with E-state index in [1.54, 1.807) is 6.92 Å². The van der Waals surface area contributed by atoms with E-state index in [4.69, 9.17) is 9.47 Å². The molecule has 6 nitrogen and oxygen atoms in total. The Morgan fingerprint density at radius 1 is 0.974 bits per heavy atom. The van der Waals surface area contributed by atoms with Crippen molar-refractivity contribution < 1.29 is 24.5 Å². The second-order valence-electron chi connectivity index (χ2n) is 16.0. The molecule has 0 aromatic rings. The maximum Gasteiger partial charge on any atom is 0.219 e. The fraction of sp³-hybridized carbons (Fsp3) is 0.969. The maximum atomic E-state index is 12.5. The predicted octanol–water partition coefficient (Wildman–Crippen LogP) is 4.41. The summed E-state index contributed by atoms with van der Waals surface area (Å²) in [5.41, 5.74) is 0.558. The van der Waals surface area contributed by atoms with Crippen LogP contribution in [0, 0.1) is 50.7 Å². The van der Waals surface area contributed by atoms with E-state index in [1.165, 1.54) is 32.1 Å². The van der Waals surface area contributed by atoms with Gasteiger partial charge in [0.05, 0.1) is 43.7 Å². The molecule has 7 rings (SSSR count). The molecule has 6 heteroatoms. The van der Waals surface area contributed by atoms with E-state index in [9.17, 15) is 15.0 Å². The molecule has 214 valence electrons. The Morgan fingerprint density at radius 2 is 1.66 bits per heavy atom. The molecule has 2 spiro atoms. The van der Waals surface area contributed by atoms with Crippen molar-refractivity contribution in [2.45, 2.75) is 123 Å². The van der Waals surface area contributed by atoms with E-state index >= 15 is 0 Å². The number of aliphatic hydroxyl groups is 2. The first-order valence-electron chi connectivity index (χ1n) is 15.7. The summed E-state index contributed by atoms with van der Waals surface area (Å²) in [6, 6.07) is 0.162. The molecular weight excluding hydrogens is 478 g/mol. The maximum absolute atomic E-state index is 12.5. The van der Waals surface area contributed by atoms with E-state index in [0.717, 1.165) is 19.3 Å². The zero-order valence-electron chi connectivity index (χ0n) is 24.5. The predicted molar refractivity (Wildman–Crippen MR) is 144 cm³/mol. The van der Waals surface area contributed by atoms with Crippen molar-refractivity contribution in [3.05, 3.63) is 0 Å². The Balaban J connectivity index is 1.19. The van der Waals surface area contributed by atoms with Gasteiger partial charge in [-0.25, -0.2) is 0 Å². The molecule has 12 atom stereocenters. The summed E-state index contributed by atoms with van der Waals surface area (Å²) in [6.07, 6.45) is 8.29. The molecule has 0 bridgehead atoms. The van der Waals surface area contributed by atoms with Gasteiger partial charge >= 0.3 is 0 Å². The van der Waals surface area contributed by atoms with Gasteiger partial charge < -0.3 is 24.6 Å². The lowest BCUT2D eigenvalue weighted by molar-refractivity contribution is -0.182. The Bertz CT molecular complexity index is 1010. The minimum Gasteiger partial charge on any atom is -0.393 e. The van der Waals surface area contributed by atoms with E-state index in [2.05, 4.69) is 34.6 Å². The number of carbonyl (C=O) groups is 1. The molecule has 5 aliphatic carbocycles. The average molecular weight is 530 g/mol. The van der Waals surface area contributed by atoms with E-state index < -0.39 is 6.10 Å². The number of nitrogens with zero attached hydrogens (tertiary/aromatic N) is 1. The fourth-order valence-electron chi connectivity index (χ4n) is 12.7. The summed E-state index contributed by atoms with van der Waals surface area (Å²) in [6.45, 7) is 15.4. The number of amides is 1. The first-order valence-corrected chi connectivity index (χ1v) is 15.7. The number of carbonyl (C=O) groups excluding carboxylic acids is 1. The number of aliphatic hydroxyl groups excluding tert-OH is 2. The molecule has 2 saturated heterocycles. The number of fused-ring (bicyclic) bond motifs is 4. The van der Waals surface area contributed by atoms with Gasteiger partial charge in [-0.05, 0) is 96.7 Å². The zero-order valence-corrected chi connectivity index (χ0v) is 24.5. The molecule has 5 saturated carbocycles. The second kappa shape index (κ2) is 7.98. The highest BCUT2D eigenvalue weighted by Crippen LogP contribution is 2.89. The third kappa shape index (κ3) is 2.92. The highest BCUT2D eigenvalue weighted by molar-refractivity contribution is 5.73. The third-order valence-corrected chi connectivity index (χ3v) is 14.7. The van der Waals surface area contributed by atoms with Gasteiger partial charge in [0.25, 0.3) is 0 Å². The molecule has 2 aliphatic heterocycles. The van der Waals surface area contributed by atoms with Crippen LogP contribution in [0.3, 0.4) is 0 Å². The van der Waals surface area contributed by atoms with Crippen molar-refractivity contribution in [1.82, 2.24) is 4.90 Å². The highest BCUT2D eigenvalue weighted by Gasteiger charge is 2.84. The SMILES string of the molecule is CC(=O)N(C[C@@H]1C[C@@H](C)[C@H]2C(O1)[C@H](O)[C@@]1(C)C3CC[C@H]4C(C)(C)C(O)CCC45CC35CCC21C)C1COC1. The van der Waals surface area contributed by atoms with Crippen molar-refractivity contribution in [2.75, 3.05) is 19.8 Å². The average Bonchev–Trinajstić information content (AvgIpc) is 3.45. The molecule has 2 heterocycles. The van der Waals surface area contributed by atoms with Gasteiger partial charge in [0, 0.05) is 18.9 Å². The molecule has 1 amide bonds. The van der Waals surface area contributed by atoms with Gasteiger partial charge in [0.1, 0.15) is 0 Å². The normalized spacial score (nSPS) is 56.4. The van der Waals surface area contributed by atoms with Gasteiger partial charge in [0.2, 0.25) is 5.91 Å². The van der Waals surface area contributed by atoms with Crippen LogP contribution in [0.25, 0.3) is 0 Å². The Labute approximate surface area is 229 Å². The van der Waals surface area contributed by atoms with Crippen LogP contribution >= 0.6 is 0 Å². The molecular formula is C32H51NO5. The van der Waals surface area contributed by atoms with Crippen LogP contribution in [0.2, 0.25) is 0 Å². The van der Waals surface area contributed by atoms with Crippen LogP contribution in [-0.2, 0) is 14.3 Å². The summed E-state index contributed by atoms with van der Waals surface area (Å²) in [7, 11) is 0. The second-order valence-corrected chi connectivity index (χ2v) is 16.0. The molecule has 0 aromatic carbocycles. The summed E-state index contributed by atoms with van der Waals surface area (Å²) in [4.78, 5) is 14.4. The third-order valence-electron chi connectivity index (χ3n) is 14.7. The highest BCUT2D eigenvalue weighted by atomic mass is 16.5. The Hall–Kier alpha value is -0.690. The Kier molecular flexibility index (Phi) is 5.51. The van der Waals surface area contributed by atoms with Crippen LogP contribution < -0.4 is 0 Å². The van der Waals surface area contributed by atoms with Crippen molar-refractivity contribution in [2.24, 2.45) is 50.7 Å². The molecule has 6 unspecified atom stereocenters. The molecule has 2 N–H and O–H groups in total. The van der Waals surface area contributed by atoms with Crippen LogP contribution in [0.4, 0.5) is 0 Å². The molecule has 0 aromatic heterocycles. The summed E-state index contributed by atoms with van der Waals surface area (Å²) in [5, 5.41) is 23.3. The molecule has 7 fully saturated rings. The number of rotatable bonds is 3. The number of ether oxygens (including phenoxy) is 2. The van der Waals surface area contributed by atoms with E-state index in [-0.39, 0.29) is 46.5 Å². The van der Waals surface area contributed by atoms with Crippen LogP contribution in [0.5, 0.6) is 0 Å². The lowest BCUT2D eigenvalue weighted by Gasteiger charge is -2.63. The van der Waals surface area contributed by atoms with E-state index in [0.29, 0.717) is 54.3 Å². The van der Waals surface area contributed by atoms with Crippen molar-refractivity contribution in [1.29, 1.82) is 0 Å². The van der Waals surface area contributed by atoms with Crippen LogP contribution in [0.15, 0.2) is 0 Å². The monoisotopic (exact) mass is 529 g/mol. The quantitative estimate of drug-likeness (QED) is 0.566. The first kappa shape index (κ1) is 26.2. The van der Waals surface area contributed by atoms with Crippen molar-refractivity contribution in [3.63, 3.8) is 0 Å². The minimum atomic E-state index is -0.473. The van der Waals surface area contributed by atoms with Crippen LogP contribution in [-0.4, -0.2) is 71.2 Å². The Morgan fingerprint density at radius 3 is 2.32 bits per heavy atom. The van der Waals surface area contributed by atoms with Gasteiger partial charge in [-0.1, -0.05) is 34.6 Å². The smallest absolute Gasteiger partial charge is 0.219 e. The fourth-order valence-corrected chi connectivity index (χ4v) is 12.7. The molecule has 0 radical (unpaired) electrons. The van der Waals surface area contributed by atoms with Gasteiger partial charge in [-0.3, -0.25) is 4.79 Å².